The molecule has 0 aromatic carbocycles. The zero-order chi connectivity index (χ0) is 12.2. The second-order valence-electron chi connectivity index (χ2n) is 5.92. The molecule has 5 atom stereocenters. The van der Waals surface area contributed by atoms with Crippen molar-refractivity contribution in [3.63, 3.8) is 0 Å². The molecule has 3 aliphatic rings. The molecule has 0 radical (unpaired) electrons. The summed E-state index contributed by atoms with van der Waals surface area (Å²) in [6.45, 7) is 4.17. The Morgan fingerprint density at radius 1 is 1.35 bits per heavy atom. The highest BCUT2D eigenvalue weighted by molar-refractivity contribution is 5.71. The first kappa shape index (κ1) is 11.3. The number of hydrogen-bond donors (Lipinski definition) is 1. The van der Waals surface area contributed by atoms with E-state index in [4.69, 9.17) is 4.74 Å². The Balaban J connectivity index is 2.01. The van der Waals surface area contributed by atoms with E-state index in [1.165, 1.54) is 11.1 Å². The van der Waals surface area contributed by atoms with Gasteiger partial charge in [-0.2, -0.15) is 0 Å². The van der Waals surface area contributed by atoms with Crippen molar-refractivity contribution in [1.29, 1.82) is 0 Å². The smallest absolute Gasteiger partial charge is 0.306 e. The Labute approximate surface area is 102 Å². The molecule has 0 unspecified atom stereocenters. The third-order valence-corrected chi connectivity index (χ3v) is 4.95. The Morgan fingerprint density at radius 3 is 2.88 bits per heavy atom. The van der Waals surface area contributed by atoms with Crippen molar-refractivity contribution in [2.45, 2.75) is 51.7 Å². The van der Waals surface area contributed by atoms with Gasteiger partial charge in [0, 0.05) is 18.3 Å². The van der Waals surface area contributed by atoms with Gasteiger partial charge in [-0.25, -0.2) is 0 Å². The van der Waals surface area contributed by atoms with Crippen molar-refractivity contribution in [3.05, 3.63) is 11.1 Å². The highest BCUT2D eigenvalue weighted by Gasteiger charge is 2.49. The summed E-state index contributed by atoms with van der Waals surface area (Å²) in [6.07, 6.45) is 3.09. The minimum absolute atomic E-state index is 0.0707. The third kappa shape index (κ3) is 1.63. The number of allylic oxidation sites excluding steroid dienone is 1. The van der Waals surface area contributed by atoms with E-state index in [2.05, 4.69) is 6.92 Å². The predicted molar refractivity (Wildman–Crippen MR) is 63.2 cm³/mol. The van der Waals surface area contributed by atoms with Gasteiger partial charge in [0.2, 0.25) is 0 Å². The molecule has 3 rings (SSSR count). The molecule has 94 valence electrons. The summed E-state index contributed by atoms with van der Waals surface area (Å²) in [5.41, 5.74) is 2.80. The Bertz CT molecular complexity index is 385. The molecule has 1 saturated heterocycles. The number of ether oxygens (including phenoxy) is 1. The summed E-state index contributed by atoms with van der Waals surface area (Å²) in [6, 6.07) is 0. The minimum atomic E-state index is -0.356. The maximum absolute atomic E-state index is 11.6. The third-order valence-electron chi connectivity index (χ3n) is 4.95. The lowest BCUT2D eigenvalue weighted by Crippen LogP contribution is -2.51. The SMILES string of the molecule is CC1=C2C[C@H](O)[C@@H](C)[C@@H]3OC(=O)C[C@H](CC1)[C@@H]23. The van der Waals surface area contributed by atoms with Crippen LogP contribution in [0.15, 0.2) is 11.1 Å². The van der Waals surface area contributed by atoms with Crippen LogP contribution in [0.25, 0.3) is 0 Å². The lowest BCUT2D eigenvalue weighted by atomic mass is 9.62. The molecule has 0 bridgehead atoms. The zero-order valence-corrected chi connectivity index (χ0v) is 10.5. The average Bonchev–Trinajstić information content (AvgIpc) is 2.29. The summed E-state index contributed by atoms with van der Waals surface area (Å²) < 4.78 is 5.52. The number of aliphatic hydroxyl groups is 1. The highest BCUT2D eigenvalue weighted by atomic mass is 16.5. The molecule has 1 aliphatic heterocycles. The second kappa shape index (κ2) is 3.84. The molecule has 0 aromatic heterocycles. The van der Waals surface area contributed by atoms with Gasteiger partial charge >= 0.3 is 5.97 Å². The van der Waals surface area contributed by atoms with Crippen LogP contribution in [0.2, 0.25) is 0 Å². The lowest BCUT2D eigenvalue weighted by Gasteiger charge is -2.49. The molecule has 2 fully saturated rings. The van der Waals surface area contributed by atoms with Crippen molar-refractivity contribution < 1.29 is 14.6 Å². The molecule has 0 aromatic rings. The molecule has 1 saturated carbocycles. The topological polar surface area (TPSA) is 46.5 Å². The number of rotatable bonds is 0. The van der Waals surface area contributed by atoms with Crippen LogP contribution in [0.5, 0.6) is 0 Å². The molecule has 17 heavy (non-hydrogen) atoms. The molecule has 0 spiro atoms. The first-order valence-electron chi connectivity index (χ1n) is 6.64. The predicted octanol–water partition coefficient (Wildman–Crippen LogP) is 2.05. The van der Waals surface area contributed by atoms with E-state index < -0.39 is 0 Å². The number of carbonyl (C=O) groups is 1. The Morgan fingerprint density at radius 2 is 2.12 bits per heavy atom. The number of hydrogen-bond acceptors (Lipinski definition) is 3. The number of aliphatic hydroxyl groups excluding tert-OH is 1. The monoisotopic (exact) mass is 236 g/mol. The molecule has 3 heteroatoms. The molecular formula is C14H20O3. The first-order chi connectivity index (χ1) is 8.08. The van der Waals surface area contributed by atoms with Crippen molar-refractivity contribution in [3.8, 4) is 0 Å². The van der Waals surface area contributed by atoms with E-state index in [0.717, 1.165) is 19.3 Å². The van der Waals surface area contributed by atoms with E-state index in [1.54, 1.807) is 0 Å². The van der Waals surface area contributed by atoms with Gasteiger partial charge < -0.3 is 9.84 Å². The van der Waals surface area contributed by atoms with E-state index in [-0.39, 0.29) is 24.1 Å². The number of esters is 1. The van der Waals surface area contributed by atoms with Gasteiger partial charge in [-0.1, -0.05) is 18.1 Å². The van der Waals surface area contributed by atoms with Crippen LogP contribution in [0.1, 0.15) is 39.5 Å². The largest absolute Gasteiger partial charge is 0.461 e. The molecule has 1 N–H and O–H groups in total. The van der Waals surface area contributed by atoms with Gasteiger partial charge in [-0.15, -0.1) is 0 Å². The van der Waals surface area contributed by atoms with Crippen molar-refractivity contribution in [2.24, 2.45) is 17.8 Å². The Kier molecular flexibility index (Phi) is 2.54. The van der Waals surface area contributed by atoms with E-state index in [1.807, 2.05) is 6.92 Å². The first-order valence-corrected chi connectivity index (χ1v) is 6.64. The van der Waals surface area contributed by atoms with Crippen LogP contribution in [0.4, 0.5) is 0 Å². The standard InChI is InChI=1S/C14H20O3/c1-7-3-4-9-5-12(16)17-14-8(2)11(15)6-10(7)13(9)14/h8-9,11,13-15H,3-6H2,1-2H3/t8-,9+,11+,13+,14+/m1/s1. The minimum Gasteiger partial charge on any atom is -0.461 e. The summed E-state index contributed by atoms with van der Waals surface area (Å²) in [4.78, 5) is 11.6. The van der Waals surface area contributed by atoms with Gasteiger partial charge in [0.05, 0.1) is 6.10 Å². The quantitative estimate of drug-likeness (QED) is 0.517. The zero-order valence-electron chi connectivity index (χ0n) is 10.5. The van der Waals surface area contributed by atoms with Crippen LogP contribution in [-0.4, -0.2) is 23.3 Å². The maximum Gasteiger partial charge on any atom is 0.306 e. The molecule has 2 aliphatic carbocycles. The Hall–Kier alpha value is -0.830. The van der Waals surface area contributed by atoms with Crippen LogP contribution in [-0.2, 0) is 9.53 Å². The summed E-state index contributed by atoms with van der Waals surface area (Å²) in [7, 11) is 0. The van der Waals surface area contributed by atoms with E-state index in [9.17, 15) is 9.90 Å². The maximum atomic E-state index is 11.6. The fourth-order valence-electron chi connectivity index (χ4n) is 3.87. The molecule has 0 amide bonds. The van der Waals surface area contributed by atoms with Gasteiger partial charge in [0.15, 0.2) is 0 Å². The molecule has 1 heterocycles. The fourth-order valence-corrected chi connectivity index (χ4v) is 3.87. The van der Waals surface area contributed by atoms with Crippen LogP contribution >= 0.6 is 0 Å². The van der Waals surface area contributed by atoms with Crippen LogP contribution < -0.4 is 0 Å². The van der Waals surface area contributed by atoms with Crippen molar-refractivity contribution in [2.75, 3.05) is 0 Å². The van der Waals surface area contributed by atoms with Gasteiger partial charge in [-0.3, -0.25) is 4.79 Å². The molecular weight excluding hydrogens is 216 g/mol. The van der Waals surface area contributed by atoms with Crippen LogP contribution in [0.3, 0.4) is 0 Å². The van der Waals surface area contributed by atoms with Gasteiger partial charge in [0.1, 0.15) is 6.10 Å². The van der Waals surface area contributed by atoms with E-state index >= 15 is 0 Å². The second-order valence-corrected chi connectivity index (χ2v) is 5.92. The summed E-state index contributed by atoms with van der Waals surface area (Å²) in [5, 5.41) is 10.1. The lowest BCUT2D eigenvalue weighted by molar-refractivity contribution is -0.173. The highest BCUT2D eigenvalue weighted by Crippen LogP contribution is 2.49. The summed E-state index contributed by atoms with van der Waals surface area (Å²) >= 11 is 0. The fraction of sp³-hybridized carbons (Fsp3) is 0.786. The average molecular weight is 236 g/mol. The number of carbonyl (C=O) groups excluding carboxylic acids is 1. The van der Waals surface area contributed by atoms with Crippen molar-refractivity contribution >= 4 is 5.97 Å². The van der Waals surface area contributed by atoms with E-state index in [0.29, 0.717) is 18.3 Å². The van der Waals surface area contributed by atoms with Crippen LogP contribution in [0, 0.1) is 17.8 Å². The normalized spacial score (nSPS) is 45.4. The van der Waals surface area contributed by atoms with Crippen molar-refractivity contribution in [1.82, 2.24) is 0 Å². The molecule has 3 nitrogen and oxygen atoms in total. The van der Waals surface area contributed by atoms with Gasteiger partial charge in [0.25, 0.3) is 0 Å². The van der Waals surface area contributed by atoms with Gasteiger partial charge in [-0.05, 0) is 32.1 Å². The summed E-state index contributed by atoms with van der Waals surface area (Å²) in [5.74, 6) is 0.840.